The topological polar surface area (TPSA) is 86.7 Å². The fraction of sp³-hybridized carbons (Fsp3) is 0.727. The van der Waals surface area contributed by atoms with Crippen LogP contribution in [0.3, 0.4) is 0 Å². The van der Waals surface area contributed by atoms with Gasteiger partial charge in [0, 0.05) is 20.0 Å². The summed E-state index contributed by atoms with van der Waals surface area (Å²) in [7, 11) is 0. The van der Waals surface area contributed by atoms with Crippen molar-refractivity contribution >= 4 is 17.8 Å². The maximum Gasteiger partial charge on any atom is 0.311 e. The molecule has 0 aliphatic carbocycles. The molecule has 1 fully saturated rings. The molecule has 0 saturated carbocycles. The summed E-state index contributed by atoms with van der Waals surface area (Å²) in [5.41, 5.74) is -0.814. The minimum absolute atomic E-state index is 0.0608. The van der Waals surface area contributed by atoms with Gasteiger partial charge in [-0.15, -0.1) is 0 Å². The van der Waals surface area contributed by atoms with Gasteiger partial charge < -0.3 is 15.3 Å². The van der Waals surface area contributed by atoms with E-state index in [2.05, 4.69) is 5.32 Å². The Bertz CT molecular complexity index is 342. The number of aliphatic carboxylic acids is 1. The molecule has 96 valence electrons. The zero-order valence-corrected chi connectivity index (χ0v) is 10.2. The van der Waals surface area contributed by atoms with Crippen LogP contribution in [0.15, 0.2) is 0 Å². The Hall–Kier alpha value is -1.59. The van der Waals surface area contributed by atoms with Crippen LogP contribution in [0, 0.1) is 5.41 Å². The second kappa shape index (κ2) is 5.16. The summed E-state index contributed by atoms with van der Waals surface area (Å²) in [6.07, 6.45) is 0.983. The largest absolute Gasteiger partial charge is 0.481 e. The summed E-state index contributed by atoms with van der Waals surface area (Å²) < 4.78 is 0. The van der Waals surface area contributed by atoms with Gasteiger partial charge in [-0.1, -0.05) is 6.92 Å². The molecule has 1 saturated heterocycles. The van der Waals surface area contributed by atoms with Crippen molar-refractivity contribution in [1.29, 1.82) is 0 Å². The number of rotatable bonds is 4. The lowest BCUT2D eigenvalue weighted by molar-refractivity contribution is -0.148. The van der Waals surface area contributed by atoms with Gasteiger partial charge in [-0.05, 0) is 12.8 Å². The van der Waals surface area contributed by atoms with Crippen molar-refractivity contribution in [2.24, 2.45) is 5.41 Å². The Morgan fingerprint density at radius 1 is 1.41 bits per heavy atom. The maximum absolute atomic E-state index is 11.7. The van der Waals surface area contributed by atoms with Crippen molar-refractivity contribution < 1.29 is 19.5 Å². The number of carboxylic acid groups (broad SMARTS) is 1. The monoisotopic (exact) mass is 242 g/mol. The van der Waals surface area contributed by atoms with Crippen molar-refractivity contribution in [1.82, 2.24) is 10.2 Å². The van der Waals surface area contributed by atoms with Crippen LogP contribution >= 0.6 is 0 Å². The molecule has 6 heteroatoms. The molecule has 1 aliphatic heterocycles. The van der Waals surface area contributed by atoms with Gasteiger partial charge in [-0.3, -0.25) is 14.4 Å². The predicted octanol–water partition coefficient (Wildman–Crippen LogP) is -0.164. The Labute approximate surface area is 100.0 Å². The molecule has 1 rings (SSSR count). The highest BCUT2D eigenvalue weighted by molar-refractivity contribution is 5.85. The fourth-order valence-electron chi connectivity index (χ4n) is 2.01. The van der Waals surface area contributed by atoms with E-state index < -0.39 is 11.4 Å². The van der Waals surface area contributed by atoms with E-state index in [-0.39, 0.29) is 24.9 Å². The minimum Gasteiger partial charge on any atom is -0.481 e. The third-order valence-corrected chi connectivity index (χ3v) is 3.33. The highest BCUT2D eigenvalue weighted by Gasteiger charge is 2.44. The Balaban J connectivity index is 2.57. The van der Waals surface area contributed by atoms with E-state index in [1.165, 1.54) is 11.8 Å². The molecule has 0 spiro atoms. The van der Waals surface area contributed by atoms with Crippen LogP contribution in [-0.4, -0.2) is 47.4 Å². The number of carbonyl (C=O) groups is 3. The van der Waals surface area contributed by atoms with Crippen LogP contribution in [0.2, 0.25) is 0 Å². The third-order valence-electron chi connectivity index (χ3n) is 3.33. The smallest absolute Gasteiger partial charge is 0.311 e. The molecule has 2 amide bonds. The van der Waals surface area contributed by atoms with Gasteiger partial charge in [0.1, 0.15) is 0 Å². The average molecular weight is 242 g/mol. The lowest BCUT2D eigenvalue weighted by atomic mass is 9.84. The van der Waals surface area contributed by atoms with Gasteiger partial charge >= 0.3 is 5.97 Å². The van der Waals surface area contributed by atoms with E-state index >= 15 is 0 Å². The number of hydrogen-bond donors (Lipinski definition) is 2. The fourth-order valence-corrected chi connectivity index (χ4v) is 2.01. The first-order valence-corrected chi connectivity index (χ1v) is 5.67. The van der Waals surface area contributed by atoms with E-state index in [1.807, 2.05) is 6.92 Å². The molecule has 0 aromatic heterocycles. The van der Waals surface area contributed by atoms with Crippen LogP contribution in [0.1, 0.15) is 26.7 Å². The van der Waals surface area contributed by atoms with Gasteiger partial charge in [-0.2, -0.15) is 0 Å². The molecular formula is C11H18N2O4. The summed E-state index contributed by atoms with van der Waals surface area (Å²) in [6.45, 7) is 3.77. The summed E-state index contributed by atoms with van der Waals surface area (Å²) >= 11 is 0. The third kappa shape index (κ3) is 2.95. The molecule has 1 unspecified atom stereocenters. The van der Waals surface area contributed by atoms with Crippen LogP contribution in [0.4, 0.5) is 0 Å². The zero-order valence-electron chi connectivity index (χ0n) is 10.2. The molecule has 0 radical (unpaired) electrons. The number of hydrogen-bond acceptors (Lipinski definition) is 3. The van der Waals surface area contributed by atoms with Crippen molar-refractivity contribution in [3.8, 4) is 0 Å². The second-order valence-electron chi connectivity index (χ2n) is 4.41. The van der Waals surface area contributed by atoms with Gasteiger partial charge in [0.05, 0.1) is 12.0 Å². The van der Waals surface area contributed by atoms with Crippen molar-refractivity contribution in [3.05, 3.63) is 0 Å². The summed E-state index contributed by atoms with van der Waals surface area (Å²) in [4.78, 5) is 35.1. The number of nitrogens with zero attached hydrogens (tertiary/aromatic N) is 1. The van der Waals surface area contributed by atoms with E-state index in [4.69, 9.17) is 0 Å². The van der Waals surface area contributed by atoms with Crippen molar-refractivity contribution in [3.63, 3.8) is 0 Å². The van der Waals surface area contributed by atoms with Gasteiger partial charge in [0.2, 0.25) is 11.8 Å². The maximum atomic E-state index is 11.7. The zero-order chi connectivity index (χ0) is 13.1. The van der Waals surface area contributed by atoms with E-state index in [0.717, 1.165) is 0 Å². The summed E-state index contributed by atoms with van der Waals surface area (Å²) in [5.74, 6) is -1.34. The molecule has 0 aromatic carbocycles. The highest BCUT2D eigenvalue weighted by Crippen LogP contribution is 2.34. The van der Waals surface area contributed by atoms with Crippen LogP contribution < -0.4 is 5.32 Å². The first-order valence-electron chi connectivity index (χ1n) is 5.67. The molecule has 2 N–H and O–H groups in total. The molecule has 1 aliphatic rings. The lowest BCUT2D eigenvalue weighted by Crippen LogP contribution is -2.41. The molecule has 0 aromatic rings. The Kier molecular flexibility index (Phi) is 4.09. The normalized spacial score (nSPS) is 23.5. The van der Waals surface area contributed by atoms with Crippen molar-refractivity contribution in [2.45, 2.75) is 26.7 Å². The van der Waals surface area contributed by atoms with E-state index in [0.29, 0.717) is 19.4 Å². The van der Waals surface area contributed by atoms with Crippen LogP contribution in [0.5, 0.6) is 0 Å². The van der Waals surface area contributed by atoms with Gasteiger partial charge in [-0.25, -0.2) is 0 Å². The number of amides is 2. The number of nitrogens with one attached hydrogen (secondary N) is 1. The first kappa shape index (κ1) is 13.5. The summed E-state index contributed by atoms with van der Waals surface area (Å²) in [6, 6.07) is 0. The van der Waals surface area contributed by atoms with E-state index in [1.54, 1.807) is 0 Å². The molecule has 17 heavy (non-hydrogen) atoms. The molecule has 6 nitrogen and oxygen atoms in total. The Morgan fingerprint density at radius 3 is 2.47 bits per heavy atom. The average Bonchev–Trinajstić information content (AvgIpc) is 2.71. The molecule has 1 heterocycles. The molecular weight excluding hydrogens is 224 g/mol. The SMILES string of the molecule is CCC1(C(=O)O)CCN(C(=O)CNC(C)=O)C1. The standard InChI is InChI=1S/C11H18N2O4/c1-3-11(10(16)17)4-5-13(7-11)9(15)6-12-8(2)14/h3-7H2,1-2H3,(H,12,14)(H,16,17). The van der Waals surface area contributed by atoms with Gasteiger partial charge in [0.15, 0.2) is 0 Å². The Morgan fingerprint density at radius 2 is 2.06 bits per heavy atom. The van der Waals surface area contributed by atoms with Crippen LogP contribution in [-0.2, 0) is 14.4 Å². The second-order valence-corrected chi connectivity index (χ2v) is 4.41. The summed E-state index contributed by atoms with van der Waals surface area (Å²) in [5, 5.41) is 11.6. The lowest BCUT2D eigenvalue weighted by Gasteiger charge is -2.23. The number of carboxylic acids is 1. The molecule has 1 atom stereocenters. The number of carbonyl (C=O) groups excluding carboxylic acids is 2. The van der Waals surface area contributed by atoms with Crippen LogP contribution in [0.25, 0.3) is 0 Å². The minimum atomic E-state index is -0.852. The predicted molar refractivity (Wildman–Crippen MR) is 60.2 cm³/mol. The van der Waals surface area contributed by atoms with Gasteiger partial charge in [0.25, 0.3) is 0 Å². The van der Waals surface area contributed by atoms with E-state index in [9.17, 15) is 19.5 Å². The van der Waals surface area contributed by atoms with Crippen molar-refractivity contribution in [2.75, 3.05) is 19.6 Å². The quantitative estimate of drug-likeness (QED) is 0.717. The highest BCUT2D eigenvalue weighted by atomic mass is 16.4. The number of likely N-dealkylation sites (tertiary alicyclic amines) is 1. The first-order chi connectivity index (χ1) is 7.91. The molecule has 0 bridgehead atoms.